The summed E-state index contributed by atoms with van der Waals surface area (Å²) in [6.45, 7) is 3.25. The molecule has 0 heterocycles. The van der Waals surface area contributed by atoms with Gasteiger partial charge in [-0.2, -0.15) is 0 Å². The van der Waals surface area contributed by atoms with Crippen molar-refractivity contribution < 1.29 is 19.1 Å². The minimum Gasteiger partial charge on any atom is -0.478 e. The Morgan fingerprint density at radius 3 is 2.14 bits per heavy atom. The number of anilines is 1. The lowest BCUT2D eigenvalue weighted by Gasteiger charge is -2.13. The van der Waals surface area contributed by atoms with E-state index in [2.05, 4.69) is 5.32 Å². The molecule has 0 aliphatic heterocycles. The van der Waals surface area contributed by atoms with Crippen LogP contribution in [0.2, 0.25) is 0 Å². The second-order valence-electron chi connectivity index (χ2n) is 4.69. The van der Waals surface area contributed by atoms with Crippen molar-refractivity contribution >= 4 is 17.6 Å². The van der Waals surface area contributed by atoms with Crippen molar-refractivity contribution in [2.45, 2.75) is 13.8 Å². The van der Waals surface area contributed by atoms with Crippen molar-refractivity contribution in [3.05, 3.63) is 64.5 Å². The summed E-state index contributed by atoms with van der Waals surface area (Å²) >= 11 is 0. The molecule has 21 heavy (non-hydrogen) atoms. The molecule has 0 bridgehead atoms. The Morgan fingerprint density at radius 1 is 1.00 bits per heavy atom. The molecule has 2 aromatic carbocycles. The van der Waals surface area contributed by atoms with Gasteiger partial charge in [0.15, 0.2) is 0 Å². The summed E-state index contributed by atoms with van der Waals surface area (Å²) in [6, 6.07) is 9.03. The first-order valence-corrected chi connectivity index (χ1v) is 6.31. The molecule has 0 aliphatic carbocycles. The summed E-state index contributed by atoms with van der Waals surface area (Å²) in [7, 11) is 0. The van der Waals surface area contributed by atoms with Crippen molar-refractivity contribution in [3.63, 3.8) is 0 Å². The molecule has 4 nitrogen and oxygen atoms in total. The van der Waals surface area contributed by atoms with Gasteiger partial charge in [0.2, 0.25) is 0 Å². The quantitative estimate of drug-likeness (QED) is 0.909. The summed E-state index contributed by atoms with van der Waals surface area (Å²) in [5, 5.41) is 11.7. The van der Waals surface area contributed by atoms with Crippen LogP contribution in [0.1, 0.15) is 31.8 Å². The Bertz CT molecular complexity index is 725. The number of carbonyl (C=O) groups excluding carboxylic acids is 1. The van der Waals surface area contributed by atoms with Gasteiger partial charge >= 0.3 is 5.97 Å². The van der Waals surface area contributed by atoms with E-state index < -0.39 is 17.7 Å². The zero-order chi connectivity index (χ0) is 15.6. The number of para-hydroxylation sites is 1. The molecule has 5 heteroatoms. The smallest absolute Gasteiger partial charge is 0.336 e. The Hall–Kier alpha value is -2.69. The van der Waals surface area contributed by atoms with E-state index in [0.717, 1.165) is 0 Å². The summed E-state index contributed by atoms with van der Waals surface area (Å²) < 4.78 is 13.6. The number of hydrogen-bond donors (Lipinski definition) is 2. The molecule has 1 amide bonds. The summed E-state index contributed by atoms with van der Waals surface area (Å²) in [4.78, 5) is 23.7. The molecule has 0 saturated heterocycles. The molecule has 0 radical (unpaired) electrons. The van der Waals surface area contributed by atoms with Crippen molar-refractivity contribution in [1.29, 1.82) is 0 Å². The number of rotatable bonds is 3. The minimum atomic E-state index is -1.19. The van der Waals surface area contributed by atoms with E-state index in [4.69, 9.17) is 0 Å². The number of aromatic carboxylic acids is 1. The molecule has 0 atom stereocenters. The van der Waals surface area contributed by atoms with Crippen LogP contribution in [0, 0.1) is 19.7 Å². The number of carbonyl (C=O) groups is 2. The van der Waals surface area contributed by atoms with Gasteiger partial charge in [-0.15, -0.1) is 0 Å². The first-order chi connectivity index (χ1) is 9.91. The van der Waals surface area contributed by atoms with E-state index >= 15 is 0 Å². The van der Waals surface area contributed by atoms with Gasteiger partial charge in [-0.25, -0.2) is 9.18 Å². The first-order valence-electron chi connectivity index (χ1n) is 6.31. The van der Waals surface area contributed by atoms with Gasteiger partial charge in [0.05, 0.1) is 16.8 Å². The van der Waals surface area contributed by atoms with Crippen molar-refractivity contribution in [1.82, 2.24) is 0 Å². The number of amides is 1. The summed E-state index contributed by atoms with van der Waals surface area (Å²) in [6.07, 6.45) is 0. The van der Waals surface area contributed by atoms with Gasteiger partial charge < -0.3 is 10.4 Å². The lowest BCUT2D eigenvalue weighted by Crippen LogP contribution is -2.19. The minimum absolute atomic E-state index is 0.0137. The number of benzene rings is 2. The SMILES string of the molecule is Cc1ccc(C)c(C(=O)Nc2ccccc2F)c1C(=O)O. The molecule has 0 spiro atoms. The van der Waals surface area contributed by atoms with Crippen LogP contribution in [-0.2, 0) is 0 Å². The van der Waals surface area contributed by atoms with Crippen LogP contribution < -0.4 is 5.32 Å². The lowest BCUT2D eigenvalue weighted by atomic mass is 9.96. The van der Waals surface area contributed by atoms with Gasteiger partial charge in [0.25, 0.3) is 5.91 Å². The summed E-state index contributed by atoms with van der Waals surface area (Å²) in [5.41, 5.74) is 0.993. The highest BCUT2D eigenvalue weighted by Crippen LogP contribution is 2.21. The maximum atomic E-state index is 13.6. The van der Waals surface area contributed by atoms with Crippen molar-refractivity contribution in [3.8, 4) is 0 Å². The number of halogens is 1. The second kappa shape index (κ2) is 5.75. The predicted octanol–water partition coefficient (Wildman–Crippen LogP) is 3.39. The van der Waals surface area contributed by atoms with E-state index in [1.54, 1.807) is 32.0 Å². The lowest BCUT2D eigenvalue weighted by molar-refractivity contribution is 0.0691. The molecule has 0 unspecified atom stereocenters. The van der Waals surface area contributed by atoms with Gasteiger partial charge in [-0.05, 0) is 37.1 Å². The van der Waals surface area contributed by atoms with Crippen LogP contribution in [0.5, 0.6) is 0 Å². The third kappa shape index (κ3) is 2.91. The maximum Gasteiger partial charge on any atom is 0.336 e. The predicted molar refractivity (Wildman–Crippen MR) is 77.2 cm³/mol. The molecule has 0 aromatic heterocycles. The number of carboxylic acid groups (broad SMARTS) is 1. The topological polar surface area (TPSA) is 66.4 Å². The first kappa shape index (κ1) is 14.7. The molecule has 0 fully saturated rings. The van der Waals surface area contributed by atoms with Gasteiger partial charge in [0.1, 0.15) is 5.82 Å². The normalized spacial score (nSPS) is 10.2. The van der Waals surface area contributed by atoms with Crippen LogP contribution in [0.15, 0.2) is 36.4 Å². The van der Waals surface area contributed by atoms with Crippen LogP contribution in [0.3, 0.4) is 0 Å². The van der Waals surface area contributed by atoms with E-state index in [9.17, 15) is 19.1 Å². The van der Waals surface area contributed by atoms with E-state index in [1.165, 1.54) is 18.2 Å². The highest BCUT2D eigenvalue weighted by Gasteiger charge is 2.21. The van der Waals surface area contributed by atoms with Crippen LogP contribution >= 0.6 is 0 Å². The fourth-order valence-corrected chi connectivity index (χ4v) is 2.13. The summed E-state index contributed by atoms with van der Waals surface area (Å²) in [5.74, 6) is -2.40. The van der Waals surface area contributed by atoms with E-state index in [0.29, 0.717) is 11.1 Å². The fraction of sp³-hybridized carbons (Fsp3) is 0.125. The molecule has 2 N–H and O–H groups in total. The molecule has 0 aliphatic rings. The van der Waals surface area contributed by atoms with Crippen LogP contribution in [0.4, 0.5) is 10.1 Å². The third-order valence-electron chi connectivity index (χ3n) is 3.18. The monoisotopic (exact) mass is 287 g/mol. The fourth-order valence-electron chi connectivity index (χ4n) is 2.13. The average molecular weight is 287 g/mol. The van der Waals surface area contributed by atoms with Crippen molar-refractivity contribution in [2.24, 2.45) is 0 Å². The highest BCUT2D eigenvalue weighted by atomic mass is 19.1. The zero-order valence-corrected chi connectivity index (χ0v) is 11.6. The molecule has 2 rings (SSSR count). The molecular weight excluding hydrogens is 273 g/mol. The molecule has 0 saturated carbocycles. The number of aryl methyl sites for hydroxylation is 2. The maximum absolute atomic E-state index is 13.6. The van der Waals surface area contributed by atoms with Gasteiger partial charge in [-0.1, -0.05) is 24.3 Å². The molecule has 108 valence electrons. The number of carboxylic acids is 1. The van der Waals surface area contributed by atoms with E-state index in [-0.39, 0.29) is 16.8 Å². The Kier molecular flexibility index (Phi) is 4.03. The zero-order valence-electron chi connectivity index (χ0n) is 11.6. The highest BCUT2D eigenvalue weighted by molar-refractivity contribution is 6.12. The van der Waals surface area contributed by atoms with Crippen LogP contribution in [0.25, 0.3) is 0 Å². The van der Waals surface area contributed by atoms with Crippen molar-refractivity contribution in [2.75, 3.05) is 5.32 Å². The molecular formula is C16H14FNO3. The average Bonchev–Trinajstić information content (AvgIpc) is 2.43. The Balaban J connectivity index is 2.47. The third-order valence-corrected chi connectivity index (χ3v) is 3.18. The standard InChI is InChI=1S/C16H14FNO3/c1-9-7-8-10(2)14(16(20)21)13(9)15(19)18-12-6-4-3-5-11(12)17/h3-8H,1-2H3,(H,18,19)(H,20,21). The van der Waals surface area contributed by atoms with Crippen LogP contribution in [-0.4, -0.2) is 17.0 Å². The van der Waals surface area contributed by atoms with Gasteiger partial charge in [-0.3, -0.25) is 4.79 Å². The number of hydrogen-bond acceptors (Lipinski definition) is 2. The second-order valence-corrected chi connectivity index (χ2v) is 4.69. The molecule has 2 aromatic rings. The largest absolute Gasteiger partial charge is 0.478 e. The number of nitrogens with one attached hydrogen (secondary N) is 1. The van der Waals surface area contributed by atoms with E-state index in [1.807, 2.05) is 0 Å². The Labute approximate surface area is 121 Å². The Morgan fingerprint density at radius 2 is 1.57 bits per heavy atom. The van der Waals surface area contributed by atoms with Gasteiger partial charge in [0, 0.05) is 0 Å².